The van der Waals surface area contributed by atoms with Gasteiger partial charge in [0.15, 0.2) is 5.16 Å². The molecule has 1 atom stereocenters. The van der Waals surface area contributed by atoms with Crippen molar-refractivity contribution in [2.24, 2.45) is 0 Å². The summed E-state index contributed by atoms with van der Waals surface area (Å²) < 4.78 is 1.91. The Morgan fingerprint density at radius 3 is 2.23 bits per heavy atom. The number of rotatable bonds is 3. The first-order valence-electron chi connectivity index (χ1n) is 10.4. The Balaban J connectivity index is 1.53. The number of para-hydroxylation sites is 2. The van der Waals surface area contributed by atoms with Crippen LogP contribution in [0.4, 0.5) is 11.4 Å². The molecular weight excluding hydrogens is 406 g/mol. The summed E-state index contributed by atoms with van der Waals surface area (Å²) in [6, 6.07) is 18.4. The number of hydrogen-bond acceptors (Lipinski definition) is 5. The largest absolute Gasteiger partial charge is 0.280 e. The fraction of sp³-hybridized carbons (Fsp3) is 0.250. The van der Waals surface area contributed by atoms with E-state index in [-0.39, 0.29) is 11.2 Å². The molecule has 0 fully saturated rings. The minimum absolute atomic E-state index is 0.0290. The lowest BCUT2D eigenvalue weighted by Gasteiger charge is -2.27. The van der Waals surface area contributed by atoms with Crippen LogP contribution in [0.2, 0.25) is 0 Å². The summed E-state index contributed by atoms with van der Waals surface area (Å²) in [6.07, 6.45) is 1.83. The highest BCUT2D eigenvalue weighted by Crippen LogP contribution is 2.38. The van der Waals surface area contributed by atoms with E-state index in [0.717, 1.165) is 35.6 Å². The number of aryl methyl sites for hydroxylation is 4. The van der Waals surface area contributed by atoms with Crippen molar-refractivity contribution in [1.82, 2.24) is 19.6 Å². The summed E-state index contributed by atoms with van der Waals surface area (Å²) in [6.45, 7) is 5.87. The van der Waals surface area contributed by atoms with Crippen molar-refractivity contribution in [3.8, 4) is 0 Å². The van der Waals surface area contributed by atoms with Crippen LogP contribution in [0, 0.1) is 13.8 Å². The van der Waals surface area contributed by atoms with Crippen LogP contribution >= 0.6 is 11.8 Å². The van der Waals surface area contributed by atoms with Crippen LogP contribution in [0.25, 0.3) is 5.78 Å². The van der Waals surface area contributed by atoms with Crippen molar-refractivity contribution in [3.63, 3.8) is 0 Å². The van der Waals surface area contributed by atoms with Crippen LogP contribution in [0.3, 0.4) is 0 Å². The second-order valence-corrected chi connectivity index (χ2v) is 9.16. The maximum atomic E-state index is 13.8. The van der Waals surface area contributed by atoms with Gasteiger partial charge in [0, 0.05) is 11.4 Å². The van der Waals surface area contributed by atoms with E-state index in [1.54, 1.807) is 0 Å². The number of carbonyl (C=O) groups is 1. The average Bonchev–Trinajstić information content (AvgIpc) is 3.08. The van der Waals surface area contributed by atoms with Gasteiger partial charge in [-0.1, -0.05) is 48.2 Å². The molecule has 5 rings (SSSR count). The van der Waals surface area contributed by atoms with Crippen molar-refractivity contribution in [1.29, 1.82) is 0 Å². The lowest BCUT2D eigenvalue weighted by molar-refractivity contribution is -0.117. The number of thioether (sulfide) groups is 1. The minimum Gasteiger partial charge on any atom is -0.280 e. The van der Waals surface area contributed by atoms with E-state index in [4.69, 9.17) is 0 Å². The molecule has 156 valence electrons. The van der Waals surface area contributed by atoms with Gasteiger partial charge in [-0.2, -0.15) is 0 Å². The number of fused-ring (bicyclic) bond motifs is 3. The van der Waals surface area contributed by atoms with E-state index in [2.05, 4.69) is 27.3 Å². The van der Waals surface area contributed by atoms with Gasteiger partial charge in [0.25, 0.3) is 5.78 Å². The lowest BCUT2D eigenvalue weighted by atomic mass is 10.0. The van der Waals surface area contributed by atoms with Crippen molar-refractivity contribution in [2.45, 2.75) is 44.0 Å². The van der Waals surface area contributed by atoms with Crippen molar-refractivity contribution < 1.29 is 4.79 Å². The maximum absolute atomic E-state index is 13.8. The van der Waals surface area contributed by atoms with Crippen molar-refractivity contribution in [2.75, 3.05) is 4.90 Å². The Hall–Kier alpha value is -3.19. The molecule has 1 aliphatic rings. The van der Waals surface area contributed by atoms with Crippen LogP contribution in [-0.2, 0) is 17.6 Å². The van der Waals surface area contributed by atoms with Crippen molar-refractivity contribution >= 4 is 34.8 Å². The molecule has 3 heterocycles. The van der Waals surface area contributed by atoms with E-state index in [0.29, 0.717) is 10.9 Å². The predicted molar refractivity (Wildman–Crippen MR) is 123 cm³/mol. The monoisotopic (exact) mass is 429 g/mol. The van der Waals surface area contributed by atoms with Crippen LogP contribution in [0.15, 0.2) is 59.8 Å². The highest BCUT2D eigenvalue weighted by molar-refractivity contribution is 8.00. The third kappa shape index (κ3) is 3.49. The molecule has 0 radical (unpaired) electrons. The number of benzene rings is 2. The molecule has 31 heavy (non-hydrogen) atoms. The van der Waals surface area contributed by atoms with Gasteiger partial charge in [0.05, 0.1) is 16.6 Å². The Morgan fingerprint density at radius 2 is 1.58 bits per heavy atom. The molecular formula is C24H23N5OS. The number of carbonyl (C=O) groups excluding carboxylic acids is 1. The predicted octanol–water partition coefficient (Wildman–Crippen LogP) is 4.69. The molecule has 0 saturated carbocycles. The molecule has 4 aromatic rings. The number of amides is 1. The minimum atomic E-state index is -0.354. The molecule has 0 aliphatic carbocycles. The molecule has 0 unspecified atom stereocenters. The number of anilines is 2. The Kier molecular flexibility index (Phi) is 4.98. The van der Waals surface area contributed by atoms with E-state index in [9.17, 15) is 4.79 Å². The molecule has 2 aromatic carbocycles. The number of nitrogens with zero attached hydrogens (tertiary/aromatic N) is 5. The third-order valence-corrected chi connectivity index (χ3v) is 6.67. The molecule has 6 nitrogen and oxygen atoms in total. The second kappa shape index (κ2) is 7.81. The zero-order chi connectivity index (χ0) is 21.5. The van der Waals surface area contributed by atoms with Gasteiger partial charge in [-0.15, -0.1) is 10.2 Å². The highest BCUT2D eigenvalue weighted by Gasteiger charge is 2.30. The first-order chi connectivity index (χ1) is 15.0. The normalized spacial score (nSPS) is 14.1. The van der Waals surface area contributed by atoms with Gasteiger partial charge < -0.3 is 0 Å². The van der Waals surface area contributed by atoms with Gasteiger partial charge in [-0.05, 0) is 62.9 Å². The van der Waals surface area contributed by atoms with Gasteiger partial charge >= 0.3 is 0 Å². The standard InChI is InChI=1S/C24H23N5OS/c1-15-14-16(2)28-23(25-15)26-27-24(28)31-17(3)22(30)29-20-10-6-4-8-18(20)12-13-19-9-5-7-11-21(19)29/h4-11,14,17H,12-13H2,1-3H3/t17-/m0/s1. The van der Waals surface area contributed by atoms with Crippen LogP contribution in [-0.4, -0.2) is 30.7 Å². The molecule has 0 saturated heterocycles. The quantitative estimate of drug-likeness (QED) is 0.442. The molecule has 7 heteroatoms. The Labute approximate surface area is 185 Å². The van der Waals surface area contributed by atoms with Gasteiger partial charge in [0.2, 0.25) is 5.91 Å². The maximum Gasteiger partial charge on any atom is 0.256 e. The van der Waals surface area contributed by atoms with E-state index < -0.39 is 0 Å². The fourth-order valence-electron chi connectivity index (χ4n) is 4.18. The first-order valence-corrected chi connectivity index (χ1v) is 11.3. The fourth-order valence-corrected chi connectivity index (χ4v) is 5.13. The highest BCUT2D eigenvalue weighted by atomic mass is 32.2. The Bertz CT molecular complexity index is 1250. The summed E-state index contributed by atoms with van der Waals surface area (Å²) in [5, 5.41) is 8.85. The second-order valence-electron chi connectivity index (χ2n) is 7.85. The summed E-state index contributed by atoms with van der Waals surface area (Å²) in [4.78, 5) is 20.1. The Morgan fingerprint density at radius 1 is 0.968 bits per heavy atom. The molecule has 1 amide bonds. The van der Waals surface area contributed by atoms with E-state index in [1.807, 2.05) is 72.5 Å². The molecule has 0 spiro atoms. The van der Waals surface area contributed by atoms with Gasteiger partial charge in [0.1, 0.15) is 0 Å². The summed E-state index contributed by atoms with van der Waals surface area (Å²) in [7, 11) is 0. The van der Waals surface area contributed by atoms with Gasteiger partial charge in [-0.3, -0.25) is 14.1 Å². The molecule has 2 aromatic heterocycles. The lowest BCUT2D eigenvalue weighted by Crippen LogP contribution is -2.33. The van der Waals surface area contributed by atoms with Gasteiger partial charge in [-0.25, -0.2) is 4.98 Å². The molecule has 0 bridgehead atoms. The van der Waals surface area contributed by atoms with Crippen LogP contribution in [0.1, 0.15) is 29.4 Å². The molecule has 1 aliphatic heterocycles. The van der Waals surface area contributed by atoms with Crippen LogP contribution in [0.5, 0.6) is 0 Å². The zero-order valence-electron chi connectivity index (χ0n) is 17.7. The van der Waals surface area contributed by atoms with Crippen molar-refractivity contribution in [3.05, 3.63) is 77.1 Å². The zero-order valence-corrected chi connectivity index (χ0v) is 18.6. The smallest absolute Gasteiger partial charge is 0.256 e. The summed E-state index contributed by atoms with van der Waals surface area (Å²) >= 11 is 1.42. The third-order valence-electron chi connectivity index (χ3n) is 5.64. The summed E-state index contributed by atoms with van der Waals surface area (Å²) in [5.74, 6) is 0.589. The number of aromatic nitrogens is 4. The van der Waals surface area contributed by atoms with E-state index >= 15 is 0 Å². The SMILES string of the molecule is Cc1cc(C)n2c(S[C@@H](C)C(=O)N3c4ccccc4CCc4ccccc43)nnc2n1. The summed E-state index contributed by atoms with van der Waals surface area (Å²) in [5.41, 5.74) is 6.20. The number of hydrogen-bond donors (Lipinski definition) is 0. The van der Waals surface area contributed by atoms with Crippen LogP contribution < -0.4 is 4.90 Å². The first kappa shape index (κ1) is 19.8. The average molecular weight is 430 g/mol. The topological polar surface area (TPSA) is 63.4 Å². The molecule has 0 N–H and O–H groups in total. The van der Waals surface area contributed by atoms with E-state index in [1.165, 1.54) is 22.9 Å².